The molecule has 0 saturated heterocycles. The molecule has 0 aromatic heterocycles. The van der Waals surface area contributed by atoms with Gasteiger partial charge in [-0.1, -0.05) is 0 Å². The Morgan fingerprint density at radius 2 is 1.59 bits per heavy atom. The van der Waals surface area contributed by atoms with Crippen molar-refractivity contribution >= 4 is 27.5 Å². The van der Waals surface area contributed by atoms with Gasteiger partial charge < -0.3 is 10.6 Å². The van der Waals surface area contributed by atoms with E-state index in [9.17, 15) is 18.0 Å². The molecule has 4 fully saturated rings. The average molecular weight is 462 g/mol. The third-order valence-corrected chi connectivity index (χ3v) is 9.64. The van der Waals surface area contributed by atoms with Crippen LogP contribution in [0.15, 0.2) is 17.0 Å². The second-order valence-electron chi connectivity index (χ2n) is 10.5. The highest BCUT2D eigenvalue weighted by Crippen LogP contribution is 2.60. The number of anilines is 1. The van der Waals surface area contributed by atoms with E-state index >= 15 is 0 Å². The minimum absolute atomic E-state index is 0.121. The molecule has 1 aromatic rings. The fourth-order valence-electron chi connectivity index (χ4n) is 6.39. The lowest BCUT2D eigenvalue weighted by Gasteiger charge is -2.55. The lowest BCUT2D eigenvalue weighted by atomic mass is 9.49. The summed E-state index contributed by atoms with van der Waals surface area (Å²) in [6.07, 6.45) is 7.03. The fourth-order valence-corrected chi connectivity index (χ4v) is 7.41. The molecule has 0 radical (unpaired) electrons. The summed E-state index contributed by atoms with van der Waals surface area (Å²) in [5.41, 5.74) is 1.89. The predicted octanol–water partition coefficient (Wildman–Crippen LogP) is 3.21. The van der Waals surface area contributed by atoms with Gasteiger partial charge in [-0.3, -0.25) is 9.59 Å². The molecule has 0 atom stereocenters. The van der Waals surface area contributed by atoms with Crippen LogP contribution >= 0.6 is 0 Å². The van der Waals surface area contributed by atoms with Crippen LogP contribution in [-0.2, 0) is 19.6 Å². The number of hydrogen-bond acceptors (Lipinski definition) is 4. The number of aryl methyl sites for hydroxylation is 1. The number of amides is 2. The van der Waals surface area contributed by atoms with Crippen molar-refractivity contribution in [1.29, 1.82) is 0 Å². The van der Waals surface area contributed by atoms with E-state index in [1.54, 1.807) is 6.07 Å². The second kappa shape index (κ2) is 8.45. The molecule has 2 amide bonds. The van der Waals surface area contributed by atoms with Crippen molar-refractivity contribution in [2.24, 2.45) is 23.2 Å². The highest BCUT2D eigenvalue weighted by Gasteiger charge is 2.54. The molecule has 0 spiro atoms. The van der Waals surface area contributed by atoms with Crippen LogP contribution in [0.1, 0.15) is 56.1 Å². The van der Waals surface area contributed by atoms with Crippen LogP contribution in [0.2, 0.25) is 0 Å². The van der Waals surface area contributed by atoms with E-state index in [0.29, 0.717) is 30.0 Å². The summed E-state index contributed by atoms with van der Waals surface area (Å²) in [7, 11) is -0.637. The first-order valence-corrected chi connectivity index (χ1v) is 13.1. The number of rotatable bonds is 7. The molecule has 1 aromatic carbocycles. The molecule has 4 bridgehead atoms. The Morgan fingerprint density at radius 3 is 2.12 bits per heavy atom. The van der Waals surface area contributed by atoms with Gasteiger partial charge in [0.15, 0.2) is 0 Å². The Morgan fingerprint density at radius 1 is 1.03 bits per heavy atom. The quantitative estimate of drug-likeness (QED) is 0.652. The summed E-state index contributed by atoms with van der Waals surface area (Å²) in [4.78, 5) is 25.8. The van der Waals surface area contributed by atoms with E-state index in [4.69, 9.17) is 0 Å². The van der Waals surface area contributed by atoms with Gasteiger partial charge in [-0.25, -0.2) is 12.7 Å². The molecule has 0 aliphatic heterocycles. The van der Waals surface area contributed by atoms with E-state index in [2.05, 4.69) is 10.6 Å². The van der Waals surface area contributed by atoms with Gasteiger partial charge in [0.1, 0.15) is 0 Å². The molecule has 32 heavy (non-hydrogen) atoms. The normalized spacial score (nSPS) is 28.7. The zero-order chi connectivity index (χ0) is 23.3. The molecule has 7 nitrogen and oxygen atoms in total. The first-order chi connectivity index (χ1) is 15.0. The Labute approximate surface area is 191 Å². The lowest BCUT2D eigenvalue weighted by Crippen LogP contribution is -2.53. The van der Waals surface area contributed by atoms with Crippen molar-refractivity contribution in [2.75, 3.05) is 26.0 Å². The van der Waals surface area contributed by atoms with Crippen LogP contribution in [0.4, 0.5) is 5.69 Å². The molecule has 0 heterocycles. The number of hydrogen-bond donors (Lipinski definition) is 2. The molecule has 0 unspecified atom stereocenters. The fraction of sp³-hybridized carbons (Fsp3) is 0.667. The van der Waals surface area contributed by atoms with Crippen LogP contribution < -0.4 is 10.6 Å². The second-order valence-corrected chi connectivity index (χ2v) is 12.6. The number of benzene rings is 1. The molecule has 2 N–H and O–H groups in total. The van der Waals surface area contributed by atoms with Crippen molar-refractivity contribution in [2.45, 2.75) is 63.7 Å². The van der Waals surface area contributed by atoms with Gasteiger partial charge in [0.05, 0.1) is 4.90 Å². The zero-order valence-corrected chi connectivity index (χ0v) is 20.3. The highest BCUT2D eigenvalue weighted by molar-refractivity contribution is 7.89. The maximum Gasteiger partial charge on any atom is 0.242 e. The minimum Gasteiger partial charge on any atom is -0.355 e. The number of nitrogens with one attached hydrogen (secondary N) is 2. The summed E-state index contributed by atoms with van der Waals surface area (Å²) in [5.74, 6) is 1.99. The van der Waals surface area contributed by atoms with Gasteiger partial charge in [-0.15, -0.1) is 0 Å². The number of nitrogens with zero attached hydrogens (tertiary/aromatic N) is 1. The monoisotopic (exact) mass is 461 g/mol. The smallest absolute Gasteiger partial charge is 0.242 e. The third-order valence-electron chi connectivity index (χ3n) is 7.85. The van der Waals surface area contributed by atoms with Crippen molar-refractivity contribution in [3.8, 4) is 0 Å². The topological polar surface area (TPSA) is 95.6 Å². The summed E-state index contributed by atoms with van der Waals surface area (Å²) in [5, 5.41) is 5.87. The predicted molar refractivity (Wildman–Crippen MR) is 124 cm³/mol. The molecule has 176 valence electrons. The van der Waals surface area contributed by atoms with Crippen molar-refractivity contribution in [3.63, 3.8) is 0 Å². The first-order valence-electron chi connectivity index (χ1n) is 11.6. The summed E-state index contributed by atoms with van der Waals surface area (Å²) in [6.45, 7) is 3.97. The van der Waals surface area contributed by atoms with Gasteiger partial charge in [0.25, 0.3) is 0 Å². The van der Waals surface area contributed by atoms with Gasteiger partial charge in [0.2, 0.25) is 21.8 Å². The van der Waals surface area contributed by atoms with E-state index in [1.807, 2.05) is 13.8 Å². The SMILES string of the molecule is Cc1cc(S(=O)(=O)N(C)C)cc(NC(=O)CCNC(=O)C23CC4CC(CC(C4)C2)C3)c1C. The average Bonchev–Trinajstić information content (AvgIpc) is 2.70. The van der Waals surface area contributed by atoms with Crippen molar-refractivity contribution < 1.29 is 18.0 Å². The van der Waals surface area contributed by atoms with Crippen LogP contribution in [0, 0.1) is 37.0 Å². The van der Waals surface area contributed by atoms with Gasteiger partial charge in [0, 0.05) is 38.2 Å². The molecular weight excluding hydrogens is 426 g/mol. The highest BCUT2D eigenvalue weighted by atomic mass is 32.2. The third kappa shape index (κ3) is 4.31. The van der Waals surface area contributed by atoms with E-state index in [0.717, 1.165) is 34.7 Å². The molecule has 4 aliphatic carbocycles. The number of carbonyl (C=O) groups excluding carboxylic acids is 2. The standard InChI is InChI=1S/C24H35N3O4S/c1-15-7-20(32(30,31)27(3)4)11-21(16(15)2)26-22(28)5-6-25-23(29)24-12-17-8-18(13-24)10-19(9-17)14-24/h7,11,17-19H,5-6,8-10,12-14H2,1-4H3,(H,25,29)(H,26,28). The zero-order valence-electron chi connectivity index (χ0n) is 19.5. The van der Waals surface area contributed by atoms with Crippen LogP contribution in [0.25, 0.3) is 0 Å². The molecular formula is C24H35N3O4S. The lowest BCUT2D eigenvalue weighted by molar-refractivity contribution is -0.146. The molecule has 8 heteroatoms. The molecule has 5 rings (SSSR count). The minimum atomic E-state index is -3.60. The summed E-state index contributed by atoms with van der Waals surface area (Å²) < 4.78 is 26.2. The number of sulfonamides is 1. The molecule has 4 saturated carbocycles. The van der Waals surface area contributed by atoms with Crippen molar-refractivity contribution in [1.82, 2.24) is 9.62 Å². The first kappa shape index (κ1) is 23.2. The van der Waals surface area contributed by atoms with Gasteiger partial charge in [-0.05, 0) is 93.4 Å². The number of carbonyl (C=O) groups is 2. The molecule has 4 aliphatic rings. The summed E-state index contributed by atoms with van der Waals surface area (Å²) >= 11 is 0. The Balaban J connectivity index is 1.36. The largest absolute Gasteiger partial charge is 0.355 e. The van der Waals surface area contributed by atoms with E-state index in [1.165, 1.54) is 39.4 Å². The maximum atomic E-state index is 13.0. The Bertz CT molecular complexity index is 997. The Hall–Kier alpha value is -1.93. The van der Waals surface area contributed by atoms with Crippen LogP contribution in [0.5, 0.6) is 0 Å². The maximum absolute atomic E-state index is 13.0. The Kier molecular flexibility index (Phi) is 6.13. The van der Waals surface area contributed by atoms with Crippen molar-refractivity contribution in [3.05, 3.63) is 23.3 Å². The van der Waals surface area contributed by atoms with E-state index < -0.39 is 10.0 Å². The van der Waals surface area contributed by atoms with Crippen LogP contribution in [0.3, 0.4) is 0 Å². The van der Waals surface area contributed by atoms with Crippen LogP contribution in [-0.4, -0.2) is 45.2 Å². The van der Waals surface area contributed by atoms with Gasteiger partial charge in [-0.2, -0.15) is 0 Å². The summed E-state index contributed by atoms with van der Waals surface area (Å²) in [6, 6.07) is 3.12. The van der Waals surface area contributed by atoms with Gasteiger partial charge >= 0.3 is 0 Å². The van der Waals surface area contributed by atoms with E-state index in [-0.39, 0.29) is 28.5 Å².